The summed E-state index contributed by atoms with van der Waals surface area (Å²) in [4.78, 5) is 13.0. The van der Waals surface area contributed by atoms with Crippen LogP contribution in [0.4, 0.5) is 0 Å². The molecule has 136 valence electrons. The largest absolute Gasteiger partial charge is 0.397 e. The lowest BCUT2D eigenvalue weighted by atomic mass is 9.65. The minimum Gasteiger partial charge on any atom is -0.397 e. The third-order valence-corrected chi connectivity index (χ3v) is 10.8. The number of Topliss-reactive ketones (excluding diaryl/α,β-unsaturated/α-hetero) is 1. The molecule has 3 aliphatic carbocycles. The second-order valence-electron chi connectivity index (χ2n) is 8.96. The molecule has 0 N–H and O–H groups in total. The number of rotatable bonds is 2. The van der Waals surface area contributed by atoms with Crippen molar-refractivity contribution in [2.24, 2.45) is 17.3 Å². The highest BCUT2D eigenvalue weighted by molar-refractivity contribution is 8.18. The van der Waals surface area contributed by atoms with Crippen LogP contribution in [0.1, 0.15) is 32.1 Å². The third kappa shape index (κ3) is 2.69. The van der Waals surface area contributed by atoms with Gasteiger partial charge in [-0.3, -0.25) is 4.79 Å². The highest BCUT2D eigenvalue weighted by Crippen LogP contribution is 2.71. The van der Waals surface area contributed by atoms with Crippen molar-refractivity contribution in [1.82, 2.24) is 0 Å². The molecule has 1 heterocycles. The Bertz CT molecular complexity index is 661. The van der Waals surface area contributed by atoms with E-state index >= 15 is 0 Å². The van der Waals surface area contributed by atoms with Gasteiger partial charge in [-0.1, -0.05) is 6.08 Å². The minimum absolute atomic E-state index is 0.185. The average Bonchev–Trinajstić information content (AvgIpc) is 3.01. The van der Waals surface area contributed by atoms with Crippen LogP contribution in [0.15, 0.2) is 12.2 Å². The second kappa shape index (κ2) is 5.89. The molecule has 0 aromatic heterocycles. The molecule has 4 rings (SSSR count). The zero-order chi connectivity index (χ0) is 17.9. The van der Waals surface area contributed by atoms with Crippen molar-refractivity contribution in [3.8, 4) is 6.07 Å². The topological polar surface area (TPSA) is 50.1 Å². The van der Waals surface area contributed by atoms with Crippen molar-refractivity contribution in [2.75, 3.05) is 11.5 Å². The van der Waals surface area contributed by atoms with Gasteiger partial charge in [-0.2, -0.15) is 5.26 Å². The first kappa shape index (κ1) is 18.2. The van der Waals surface area contributed by atoms with Crippen LogP contribution in [0.3, 0.4) is 0 Å². The van der Waals surface area contributed by atoms with Gasteiger partial charge >= 0.3 is 0 Å². The molecule has 6 heteroatoms. The fourth-order valence-electron chi connectivity index (χ4n) is 5.61. The molecule has 0 radical (unpaired) electrons. The number of nitriles is 1. The fraction of sp³-hybridized carbons (Fsp3) is 0.789. The normalized spacial score (nSPS) is 42.2. The number of allylic oxidation sites excluding steroid dienone is 1. The van der Waals surface area contributed by atoms with Crippen LogP contribution in [-0.4, -0.2) is 35.3 Å². The van der Waals surface area contributed by atoms with Gasteiger partial charge in [-0.15, -0.1) is 23.5 Å². The van der Waals surface area contributed by atoms with Crippen LogP contribution in [0.2, 0.25) is 19.6 Å². The summed E-state index contributed by atoms with van der Waals surface area (Å²) in [6.45, 7) is 6.41. The predicted molar refractivity (Wildman–Crippen MR) is 107 cm³/mol. The van der Waals surface area contributed by atoms with E-state index in [-0.39, 0.29) is 15.4 Å². The van der Waals surface area contributed by atoms with Gasteiger partial charge in [-0.05, 0) is 74.7 Å². The Labute approximate surface area is 160 Å². The van der Waals surface area contributed by atoms with Crippen molar-refractivity contribution < 1.29 is 9.22 Å². The monoisotopic (exact) mass is 393 g/mol. The van der Waals surface area contributed by atoms with Gasteiger partial charge in [0.2, 0.25) is 0 Å². The Morgan fingerprint density at radius 2 is 1.96 bits per heavy atom. The molecular weight excluding hydrogens is 366 g/mol. The van der Waals surface area contributed by atoms with Gasteiger partial charge in [-0.25, -0.2) is 0 Å². The van der Waals surface area contributed by atoms with Gasteiger partial charge in [0.15, 0.2) is 13.9 Å². The molecule has 25 heavy (non-hydrogen) atoms. The van der Waals surface area contributed by atoms with Crippen molar-refractivity contribution in [3.63, 3.8) is 0 Å². The van der Waals surface area contributed by atoms with E-state index in [1.54, 1.807) is 0 Å². The highest BCUT2D eigenvalue weighted by atomic mass is 32.2. The molecule has 3 fully saturated rings. The van der Waals surface area contributed by atoms with E-state index in [0.29, 0.717) is 24.5 Å². The van der Waals surface area contributed by atoms with Gasteiger partial charge in [0.25, 0.3) is 0 Å². The van der Waals surface area contributed by atoms with Gasteiger partial charge in [0.1, 0.15) is 11.9 Å². The number of hydrogen-bond acceptors (Lipinski definition) is 5. The van der Waals surface area contributed by atoms with Crippen LogP contribution in [-0.2, 0) is 9.22 Å². The lowest BCUT2D eigenvalue weighted by Crippen LogP contribution is -2.48. The summed E-state index contributed by atoms with van der Waals surface area (Å²) >= 11 is 4.19. The lowest BCUT2D eigenvalue weighted by Gasteiger charge is -2.43. The van der Waals surface area contributed by atoms with E-state index in [2.05, 4.69) is 55.3 Å². The number of hydrogen-bond donors (Lipinski definition) is 0. The molecule has 4 aliphatic rings. The van der Waals surface area contributed by atoms with Crippen molar-refractivity contribution in [1.29, 1.82) is 5.26 Å². The highest BCUT2D eigenvalue weighted by Gasteiger charge is 2.69. The Kier molecular flexibility index (Phi) is 4.27. The van der Waals surface area contributed by atoms with E-state index in [0.717, 1.165) is 12.8 Å². The summed E-state index contributed by atoms with van der Waals surface area (Å²) in [6, 6.07) is 2.47. The summed E-state index contributed by atoms with van der Waals surface area (Å²) < 4.78 is 6.53. The zero-order valence-electron chi connectivity index (χ0n) is 15.3. The Hall–Kier alpha value is -0.223. The SMILES string of the molecule is C[Si](C)(C)O[C@]1(C#N)C=C[C@]23C(=O)CC[C@H]2C2(C[C@H]3C1)SCCCS2. The molecular formula is C19H27NO2S2Si. The van der Waals surface area contributed by atoms with Crippen molar-refractivity contribution >= 4 is 37.6 Å². The first-order valence-corrected chi connectivity index (χ1v) is 14.8. The molecule has 0 bridgehead atoms. The zero-order valence-corrected chi connectivity index (χ0v) is 18.0. The van der Waals surface area contributed by atoms with E-state index in [4.69, 9.17) is 4.43 Å². The first-order chi connectivity index (χ1) is 11.8. The molecule has 0 amide bonds. The van der Waals surface area contributed by atoms with Crippen LogP contribution in [0, 0.1) is 28.6 Å². The second-order valence-corrected chi connectivity index (χ2v) is 16.5. The molecule has 0 unspecified atom stereocenters. The van der Waals surface area contributed by atoms with Crippen molar-refractivity contribution in [3.05, 3.63) is 12.2 Å². The molecule has 1 aliphatic heterocycles. The molecule has 3 nitrogen and oxygen atoms in total. The van der Waals surface area contributed by atoms with Gasteiger partial charge < -0.3 is 4.43 Å². The van der Waals surface area contributed by atoms with Crippen LogP contribution >= 0.6 is 23.5 Å². The van der Waals surface area contributed by atoms with Gasteiger partial charge in [0.05, 0.1) is 9.49 Å². The molecule has 0 aromatic rings. The van der Waals surface area contributed by atoms with Crippen LogP contribution in [0.25, 0.3) is 0 Å². The van der Waals surface area contributed by atoms with Crippen LogP contribution < -0.4 is 0 Å². The molecule has 2 saturated carbocycles. The number of thioether (sulfide) groups is 2. The predicted octanol–water partition coefficient (Wildman–Crippen LogP) is 4.61. The average molecular weight is 394 g/mol. The van der Waals surface area contributed by atoms with Crippen molar-refractivity contribution in [2.45, 2.75) is 61.4 Å². The lowest BCUT2D eigenvalue weighted by molar-refractivity contribution is -0.127. The van der Waals surface area contributed by atoms with Crippen LogP contribution in [0.5, 0.6) is 0 Å². The quantitative estimate of drug-likeness (QED) is 0.506. The summed E-state index contributed by atoms with van der Waals surface area (Å²) in [5, 5.41) is 9.93. The Morgan fingerprint density at radius 1 is 1.24 bits per heavy atom. The number of carbonyl (C=O) groups excluding carboxylic acids is 1. The maximum Gasteiger partial charge on any atom is 0.186 e. The number of nitrogens with zero attached hydrogens (tertiary/aromatic N) is 1. The Morgan fingerprint density at radius 3 is 2.60 bits per heavy atom. The fourth-order valence-corrected chi connectivity index (χ4v) is 10.8. The maximum absolute atomic E-state index is 13.0. The molecule has 1 saturated heterocycles. The molecule has 4 atom stereocenters. The van der Waals surface area contributed by atoms with E-state index in [1.807, 2.05) is 6.08 Å². The smallest absolute Gasteiger partial charge is 0.186 e. The number of fused-ring (bicyclic) bond motifs is 1. The maximum atomic E-state index is 13.0. The molecule has 2 spiro atoms. The summed E-state index contributed by atoms with van der Waals surface area (Å²) in [6.07, 6.45) is 8.85. The van der Waals surface area contributed by atoms with Gasteiger partial charge in [0, 0.05) is 6.42 Å². The summed E-state index contributed by atoms with van der Waals surface area (Å²) in [5.74, 6) is 3.53. The first-order valence-electron chi connectivity index (χ1n) is 9.38. The van der Waals surface area contributed by atoms with E-state index in [9.17, 15) is 10.1 Å². The van der Waals surface area contributed by atoms with E-state index < -0.39 is 13.9 Å². The summed E-state index contributed by atoms with van der Waals surface area (Å²) in [7, 11) is -1.85. The molecule has 0 aromatic carbocycles. The number of carbonyl (C=O) groups is 1. The standard InChI is InChI=1S/C19H27NO2S2Si/c1-25(2,3)22-17(13-20)7-8-18-14(11-17)12-19(23-9-4-10-24-19)15(18)5-6-16(18)21/h7-8,14-15H,4-6,9-12H2,1-3H3/t14-,15-,17-,18-/m1/s1. The number of ketones is 1. The Balaban J connectivity index is 1.74. The summed E-state index contributed by atoms with van der Waals surface area (Å²) in [5.41, 5.74) is -1.15. The third-order valence-electron chi connectivity index (χ3n) is 6.29. The van der Waals surface area contributed by atoms with E-state index in [1.165, 1.54) is 17.9 Å². The minimum atomic E-state index is -1.85.